The third kappa shape index (κ3) is 3.74. The van der Waals surface area contributed by atoms with Crippen molar-refractivity contribution in [3.05, 3.63) is 66.2 Å². The number of hydrogen-bond donors (Lipinski definition) is 1. The van der Waals surface area contributed by atoms with E-state index in [9.17, 15) is 4.79 Å². The highest BCUT2D eigenvalue weighted by Gasteiger charge is 2.20. The molecule has 0 fully saturated rings. The van der Waals surface area contributed by atoms with Gasteiger partial charge in [0.05, 0.1) is 6.04 Å². The molecule has 3 aromatic carbocycles. The fourth-order valence-corrected chi connectivity index (χ4v) is 3.29. The van der Waals surface area contributed by atoms with Crippen LogP contribution in [0, 0.1) is 0 Å². The van der Waals surface area contributed by atoms with Gasteiger partial charge in [-0.3, -0.25) is 4.79 Å². The standard InChI is InChI=1S/C23H23NO4/c1-15(18-10-11-21-22(14-18)27-13-12-26-21)24-23(25)16(2)28-20-9-5-7-17-6-3-4-8-19(17)20/h3-11,14-16H,12-13H2,1-2H3,(H,24,25)/t15-,16-/m0/s1. The number of ether oxygens (including phenoxy) is 3. The summed E-state index contributed by atoms with van der Waals surface area (Å²) in [6.45, 7) is 4.79. The number of fused-ring (bicyclic) bond motifs is 2. The van der Waals surface area contributed by atoms with Crippen molar-refractivity contribution in [2.75, 3.05) is 13.2 Å². The lowest BCUT2D eigenvalue weighted by Crippen LogP contribution is -2.37. The maximum Gasteiger partial charge on any atom is 0.261 e. The molecule has 1 aliphatic heterocycles. The molecule has 1 heterocycles. The fraction of sp³-hybridized carbons (Fsp3) is 0.261. The summed E-state index contributed by atoms with van der Waals surface area (Å²) >= 11 is 0. The highest BCUT2D eigenvalue weighted by molar-refractivity contribution is 5.89. The molecular weight excluding hydrogens is 354 g/mol. The first-order valence-corrected chi connectivity index (χ1v) is 9.46. The molecule has 2 atom stereocenters. The van der Waals surface area contributed by atoms with Crippen molar-refractivity contribution >= 4 is 16.7 Å². The van der Waals surface area contributed by atoms with Crippen LogP contribution < -0.4 is 19.5 Å². The van der Waals surface area contributed by atoms with Crippen LogP contribution in [0.15, 0.2) is 60.7 Å². The third-order valence-electron chi connectivity index (χ3n) is 4.85. The van der Waals surface area contributed by atoms with Crippen molar-refractivity contribution in [3.8, 4) is 17.2 Å². The Balaban J connectivity index is 1.44. The van der Waals surface area contributed by atoms with E-state index in [2.05, 4.69) is 5.32 Å². The van der Waals surface area contributed by atoms with Crippen LogP contribution in [0.5, 0.6) is 17.2 Å². The maximum atomic E-state index is 12.7. The highest BCUT2D eigenvalue weighted by Crippen LogP contribution is 2.32. The second-order valence-electron chi connectivity index (χ2n) is 6.87. The Morgan fingerprint density at radius 2 is 1.71 bits per heavy atom. The number of nitrogens with one attached hydrogen (secondary N) is 1. The first kappa shape index (κ1) is 18.2. The number of carbonyl (C=O) groups is 1. The van der Waals surface area contributed by atoms with Crippen LogP contribution in [0.2, 0.25) is 0 Å². The van der Waals surface area contributed by atoms with Crippen LogP contribution in [0.1, 0.15) is 25.5 Å². The van der Waals surface area contributed by atoms with Gasteiger partial charge < -0.3 is 19.5 Å². The van der Waals surface area contributed by atoms with Gasteiger partial charge in [-0.15, -0.1) is 0 Å². The summed E-state index contributed by atoms with van der Waals surface area (Å²) in [6.07, 6.45) is -0.620. The van der Waals surface area contributed by atoms with E-state index < -0.39 is 6.10 Å². The second-order valence-corrected chi connectivity index (χ2v) is 6.87. The molecule has 1 aliphatic rings. The Labute approximate surface area is 164 Å². The molecule has 0 saturated heterocycles. The quantitative estimate of drug-likeness (QED) is 0.722. The monoisotopic (exact) mass is 377 g/mol. The molecule has 0 bridgehead atoms. The molecular formula is C23H23NO4. The summed E-state index contributed by atoms with van der Waals surface area (Å²) in [6, 6.07) is 19.4. The summed E-state index contributed by atoms with van der Waals surface area (Å²) in [5.41, 5.74) is 0.954. The van der Waals surface area contributed by atoms with Crippen LogP contribution in [0.3, 0.4) is 0 Å². The molecule has 5 nitrogen and oxygen atoms in total. The van der Waals surface area contributed by atoms with Gasteiger partial charge in [0.25, 0.3) is 5.91 Å². The summed E-state index contributed by atoms with van der Waals surface area (Å²) in [5.74, 6) is 1.98. The van der Waals surface area contributed by atoms with Gasteiger partial charge in [-0.1, -0.05) is 42.5 Å². The summed E-state index contributed by atoms with van der Waals surface area (Å²) in [5, 5.41) is 5.08. The molecule has 0 aliphatic carbocycles. The maximum absolute atomic E-state index is 12.7. The summed E-state index contributed by atoms with van der Waals surface area (Å²) in [7, 11) is 0. The van der Waals surface area contributed by atoms with Crippen molar-refractivity contribution in [1.82, 2.24) is 5.32 Å². The minimum Gasteiger partial charge on any atom is -0.486 e. The van der Waals surface area contributed by atoms with Gasteiger partial charge >= 0.3 is 0 Å². The van der Waals surface area contributed by atoms with Gasteiger partial charge in [0, 0.05) is 5.39 Å². The lowest BCUT2D eigenvalue weighted by atomic mass is 10.1. The first-order valence-electron chi connectivity index (χ1n) is 9.46. The lowest BCUT2D eigenvalue weighted by molar-refractivity contribution is -0.127. The lowest BCUT2D eigenvalue weighted by Gasteiger charge is -2.22. The normalized spacial score (nSPS) is 14.9. The van der Waals surface area contributed by atoms with E-state index in [1.165, 1.54) is 0 Å². The Kier molecular flexibility index (Phi) is 5.06. The van der Waals surface area contributed by atoms with Crippen molar-refractivity contribution in [2.45, 2.75) is 26.0 Å². The zero-order valence-electron chi connectivity index (χ0n) is 16.0. The predicted octanol–water partition coefficient (Wildman–Crippen LogP) is 4.26. The Morgan fingerprint density at radius 3 is 2.57 bits per heavy atom. The average molecular weight is 377 g/mol. The van der Waals surface area contributed by atoms with Crippen LogP contribution in [-0.4, -0.2) is 25.2 Å². The molecule has 1 amide bonds. The Morgan fingerprint density at radius 1 is 0.964 bits per heavy atom. The van der Waals surface area contributed by atoms with Crippen molar-refractivity contribution in [2.24, 2.45) is 0 Å². The summed E-state index contributed by atoms with van der Waals surface area (Å²) < 4.78 is 17.1. The molecule has 4 rings (SSSR count). The van der Waals surface area contributed by atoms with E-state index >= 15 is 0 Å². The minimum atomic E-state index is -0.620. The smallest absolute Gasteiger partial charge is 0.261 e. The van der Waals surface area contributed by atoms with E-state index in [1.807, 2.05) is 67.6 Å². The van der Waals surface area contributed by atoms with Crippen molar-refractivity contribution < 1.29 is 19.0 Å². The number of hydrogen-bond acceptors (Lipinski definition) is 4. The molecule has 0 unspecified atom stereocenters. The van der Waals surface area contributed by atoms with Crippen LogP contribution in [0.4, 0.5) is 0 Å². The molecule has 3 aromatic rings. The first-order chi connectivity index (χ1) is 13.6. The van der Waals surface area contributed by atoms with E-state index in [-0.39, 0.29) is 11.9 Å². The van der Waals surface area contributed by atoms with Gasteiger partial charge in [0.1, 0.15) is 19.0 Å². The Bertz CT molecular complexity index is 996. The van der Waals surface area contributed by atoms with E-state index in [0.29, 0.717) is 24.7 Å². The van der Waals surface area contributed by atoms with Gasteiger partial charge in [-0.05, 0) is 43.0 Å². The number of rotatable bonds is 5. The topological polar surface area (TPSA) is 56.8 Å². The van der Waals surface area contributed by atoms with Crippen LogP contribution in [0.25, 0.3) is 10.8 Å². The predicted molar refractivity (Wildman–Crippen MR) is 108 cm³/mol. The molecule has 5 heteroatoms. The van der Waals surface area contributed by atoms with Gasteiger partial charge in [0.15, 0.2) is 17.6 Å². The Hall–Kier alpha value is -3.21. The van der Waals surface area contributed by atoms with Gasteiger partial charge in [-0.25, -0.2) is 0 Å². The zero-order valence-corrected chi connectivity index (χ0v) is 16.0. The van der Waals surface area contributed by atoms with E-state index in [4.69, 9.17) is 14.2 Å². The average Bonchev–Trinajstić information content (AvgIpc) is 2.73. The van der Waals surface area contributed by atoms with E-state index in [0.717, 1.165) is 22.1 Å². The molecule has 1 N–H and O–H groups in total. The number of carbonyl (C=O) groups excluding carboxylic acids is 1. The van der Waals surface area contributed by atoms with Crippen molar-refractivity contribution in [1.29, 1.82) is 0 Å². The molecule has 0 spiro atoms. The van der Waals surface area contributed by atoms with Crippen LogP contribution >= 0.6 is 0 Å². The number of benzene rings is 3. The van der Waals surface area contributed by atoms with E-state index in [1.54, 1.807) is 6.92 Å². The third-order valence-corrected chi connectivity index (χ3v) is 4.85. The SMILES string of the molecule is C[C@H](Oc1cccc2ccccc12)C(=O)N[C@@H](C)c1ccc2c(c1)OCCO2. The fourth-order valence-electron chi connectivity index (χ4n) is 3.29. The summed E-state index contributed by atoms with van der Waals surface area (Å²) in [4.78, 5) is 12.7. The zero-order chi connectivity index (χ0) is 19.5. The largest absolute Gasteiger partial charge is 0.486 e. The molecule has 0 saturated carbocycles. The molecule has 0 radical (unpaired) electrons. The molecule has 28 heavy (non-hydrogen) atoms. The minimum absolute atomic E-state index is 0.171. The van der Waals surface area contributed by atoms with Crippen LogP contribution in [-0.2, 0) is 4.79 Å². The highest BCUT2D eigenvalue weighted by atomic mass is 16.6. The van der Waals surface area contributed by atoms with Crippen molar-refractivity contribution in [3.63, 3.8) is 0 Å². The molecule has 0 aromatic heterocycles. The van der Waals surface area contributed by atoms with Gasteiger partial charge in [-0.2, -0.15) is 0 Å². The second kappa shape index (κ2) is 7.80. The van der Waals surface area contributed by atoms with Gasteiger partial charge in [0.2, 0.25) is 0 Å². The number of amides is 1. The molecule has 144 valence electrons.